The standard InChI is InChI=1S/C6H13NO2S2/c1-5-6(2)10-4-3-7(5)11(8)9/h5-6H,3-4H2,1-2H3,(H,8,9)/p-1. The Bertz CT molecular complexity index is 165. The minimum atomic E-state index is -2.03. The molecule has 11 heavy (non-hydrogen) atoms. The van der Waals surface area contributed by atoms with Crippen LogP contribution < -0.4 is 0 Å². The molecule has 0 N–H and O–H groups in total. The van der Waals surface area contributed by atoms with Gasteiger partial charge < -0.3 is 4.55 Å². The molecule has 5 heteroatoms. The fraction of sp³-hybridized carbons (Fsp3) is 1.00. The van der Waals surface area contributed by atoms with Crippen molar-refractivity contribution in [3.63, 3.8) is 0 Å². The predicted molar refractivity (Wildman–Crippen MR) is 47.0 cm³/mol. The Morgan fingerprint density at radius 3 is 2.73 bits per heavy atom. The maximum atomic E-state index is 10.6. The zero-order valence-electron chi connectivity index (χ0n) is 6.65. The van der Waals surface area contributed by atoms with Crippen LogP contribution in [-0.4, -0.2) is 36.7 Å². The highest BCUT2D eigenvalue weighted by molar-refractivity contribution is 8.00. The SMILES string of the molecule is CC1SCCN(S(=O)[O-])C1C. The molecule has 0 saturated carbocycles. The van der Waals surface area contributed by atoms with Crippen LogP contribution in [0.5, 0.6) is 0 Å². The second-order valence-electron chi connectivity index (χ2n) is 2.67. The first-order valence-electron chi connectivity index (χ1n) is 3.60. The molecule has 0 aliphatic carbocycles. The van der Waals surface area contributed by atoms with Crippen molar-refractivity contribution >= 4 is 23.0 Å². The van der Waals surface area contributed by atoms with E-state index in [0.29, 0.717) is 11.8 Å². The molecule has 1 rings (SSSR count). The third-order valence-corrected chi connectivity index (χ3v) is 4.25. The monoisotopic (exact) mass is 194 g/mol. The molecular weight excluding hydrogens is 182 g/mol. The van der Waals surface area contributed by atoms with Gasteiger partial charge in [0.1, 0.15) is 0 Å². The Morgan fingerprint density at radius 1 is 1.64 bits per heavy atom. The van der Waals surface area contributed by atoms with Crippen molar-refractivity contribution in [3.05, 3.63) is 0 Å². The van der Waals surface area contributed by atoms with Crippen molar-refractivity contribution < 1.29 is 8.76 Å². The van der Waals surface area contributed by atoms with Crippen LogP contribution in [0.25, 0.3) is 0 Å². The first-order valence-corrected chi connectivity index (χ1v) is 5.68. The average Bonchev–Trinajstić information content (AvgIpc) is 1.94. The van der Waals surface area contributed by atoms with E-state index in [4.69, 9.17) is 0 Å². The van der Waals surface area contributed by atoms with E-state index in [1.165, 1.54) is 4.31 Å². The molecule has 3 atom stereocenters. The molecule has 1 fully saturated rings. The van der Waals surface area contributed by atoms with Crippen LogP contribution in [0.2, 0.25) is 0 Å². The van der Waals surface area contributed by atoms with Gasteiger partial charge in [-0.05, 0) is 6.92 Å². The van der Waals surface area contributed by atoms with E-state index in [2.05, 4.69) is 6.92 Å². The van der Waals surface area contributed by atoms with Gasteiger partial charge in [-0.3, -0.25) is 4.21 Å². The molecule has 1 aliphatic heterocycles. The summed E-state index contributed by atoms with van der Waals surface area (Å²) in [5, 5.41) is 0.418. The molecule has 3 nitrogen and oxygen atoms in total. The lowest BCUT2D eigenvalue weighted by molar-refractivity contribution is 0.326. The molecule has 1 aliphatic rings. The molecule has 0 aromatic heterocycles. The first kappa shape index (κ1) is 9.51. The quantitative estimate of drug-likeness (QED) is 0.574. The number of hydrogen-bond donors (Lipinski definition) is 0. The van der Waals surface area contributed by atoms with Gasteiger partial charge in [-0.1, -0.05) is 6.92 Å². The molecule has 1 saturated heterocycles. The molecule has 0 aromatic carbocycles. The van der Waals surface area contributed by atoms with Crippen LogP contribution in [0.4, 0.5) is 0 Å². The molecule has 0 aromatic rings. The topological polar surface area (TPSA) is 43.4 Å². The highest BCUT2D eigenvalue weighted by Gasteiger charge is 2.25. The summed E-state index contributed by atoms with van der Waals surface area (Å²) in [6.07, 6.45) is 0. The van der Waals surface area contributed by atoms with Crippen LogP contribution in [-0.2, 0) is 11.3 Å². The molecule has 0 spiro atoms. The van der Waals surface area contributed by atoms with Gasteiger partial charge in [-0.2, -0.15) is 11.8 Å². The van der Waals surface area contributed by atoms with E-state index in [1.54, 1.807) is 0 Å². The summed E-state index contributed by atoms with van der Waals surface area (Å²) >= 11 is -0.200. The zero-order valence-corrected chi connectivity index (χ0v) is 8.28. The number of thioether (sulfide) groups is 1. The lowest BCUT2D eigenvalue weighted by Gasteiger charge is -2.37. The molecule has 1 heterocycles. The lowest BCUT2D eigenvalue weighted by atomic mass is 10.2. The number of hydrogen-bond acceptors (Lipinski definition) is 3. The maximum absolute atomic E-state index is 10.6. The molecule has 66 valence electrons. The van der Waals surface area contributed by atoms with E-state index in [-0.39, 0.29) is 6.04 Å². The normalized spacial score (nSPS) is 37.0. The highest BCUT2D eigenvalue weighted by Crippen LogP contribution is 2.24. The first-order chi connectivity index (χ1) is 5.13. The van der Waals surface area contributed by atoms with Crippen molar-refractivity contribution in [3.8, 4) is 0 Å². The zero-order chi connectivity index (χ0) is 8.43. The molecule has 0 radical (unpaired) electrons. The summed E-state index contributed by atoms with van der Waals surface area (Å²) in [5.41, 5.74) is 0. The van der Waals surface area contributed by atoms with E-state index >= 15 is 0 Å². The summed E-state index contributed by atoms with van der Waals surface area (Å²) in [6.45, 7) is 4.67. The Morgan fingerprint density at radius 2 is 2.27 bits per heavy atom. The van der Waals surface area contributed by atoms with Crippen LogP contribution in [0.3, 0.4) is 0 Å². The third-order valence-electron chi connectivity index (χ3n) is 2.02. The third kappa shape index (κ3) is 2.18. The minimum Gasteiger partial charge on any atom is -0.760 e. The molecule has 0 amide bonds. The second-order valence-corrected chi connectivity index (χ2v) is 5.06. The minimum absolute atomic E-state index is 0.145. The van der Waals surface area contributed by atoms with Gasteiger partial charge in [0.25, 0.3) is 0 Å². The van der Waals surface area contributed by atoms with Crippen molar-refractivity contribution in [2.24, 2.45) is 0 Å². The predicted octanol–water partition coefficient (Wildman–Crippen LogP) is 0.606. The lowest BCUT2D eigenvalue weighted by Crippen LogP contribution is -2.45. The Hall–Kier alpha value is 0.420. The maximum Gasteiger partial charge on any atom is 0.0303 e. The Labute approximate surface area is 74.0 Å². The van der Waals surface area contributed by atoms with Crippen LogP contribution in [0.15, 0.2) is 0 Å². The van der Waals surface area contributed by atoms with Crippen LogP contribution >= 0.6 is 11.8 Å². The van der Waals surface area contributed by atoms with E-state index in [9.17, 15) is 8.76 Å². The summed E-state index contributed by atoms with van der Waals surface area (Å²) in [6, 6.07) is 0.145. The van der Waals surface area contributed by atoms with Gasteiger partial charge in [0.05, 0.1) is 0 Å². The van der Waals surface area contributed by atoms with Crippen molar-refractivity contribution in [1.29, 1.82) is 0 Å². The van der Waals surface area contributed by atoms with Crippen LogP contribution in [0, 0.1) is 0 Å². The smallest absolute Gasteiger partial charge is 0.0303 e. The Kier molecular flexibility index (Phi) is 3.36. The van der Waals surface area contributed by atoms with Crippen molar-refractivity contribution in [1.82, 2.24) is 4.31 Å². The average molecular weight is 194 g/mol. The molecular formula is C6H12NO2S2-. The van der Waals surface area contributed by atoms with E-state index < -0.39 is 11.3 Å². The van der Waals surface area contributed by atoms with Gasteiger partial charge in [0.15, 0.2) is 0 Å². The van der Waals surface area contributed by atoms with Gasteiger partial charge in [-0.25, -0.2) is 4.31 Å². The van der Waals surface area contributed by atoms with Gasteiger partial charge in [0, 0.05) is 34.9 Å². The number of rotatable bonds is 1. The van der Waals surface area contributed by atoms with Crippen molar-refractivity contribution in [2.45, 2.75) is 25.1 Å². The summed E-state index contributed by atoms with van der Waals surface area (Å²) < 4.78 is 22.8. The highest BCUT2D eigenvalue weighted by atomic mass is 32.2. The molecule has 0 bridgehead atoms. The summed E-state index contributed by atoms with van der Waals surface area (Å²) in [4.78, 5) is 0. The van der Waals surface area contributed by atoms with Crippen molar-refractivity contribution in [2.75, 3.05) is 12.3 Å². The Balaban J connectivity index is 2.58. The van der Waals surface area contributed by atoms with E-state index in [0.717, 1.165) is 5.75 Å². The van der Waals surface area contributed by atoms with Gasteiger partial charge in [0.2, 0.25) is 0 Å². The van der Waals surface area contributed by atoms with Gasteiger partial charge >= 0.3 is 0 Å². The molecule has 3 unspecified atom stereocenters. The fourth-order valence-electron chi connectivity index (χ4n) is 1.12. The fourth-order valence-corrected chi connectivity index (χ4v) is 3.10. The second kappa shape index (κ2) is 3.89. The van der Waals surface area contributed by atoms with Crippen LogP contribution in [0.1, 0.15) is 13.8 Å². The van der Waals surface area contributed by atoms with Gasteiger partial charge in [-0.15, -0.1) is 0 Å². The van der Waals surface area contributed by atoms with E-state index in [1.807, 2.05) is 18.7 Å². The number of nitrogens with zero attached hydrogens (tertiary/aromatic N) is 1. The summed E-state index contributed by atoms with van der Waals surface area (Å²) in [5.74, 6) is 0.916. The largest absolute Gasteiger partial charge is 0.760 e. The summed E-state index contributed by atoms with van der Waals surface area (Å²) in [7, 11) is 0.